The fourth-order valence-electron chi connectivity index (χ4n) is 1.46. The van der Waals surface area contributed by atoms with Crippen molar-refractivity contribution in [1.29, 1.82) is 0 Å². The third-order valence-electron chi connectivity index (χ3n) is 2.44. The van der Waals surface area contributed by atoms with Gasteiger partial charge in [0.05, 0.1) is 6.61 Å². The third kappa shape index (κ3) is 3.35. The Labute approximate surface area is 79.7 Å². The maximum atomic E-state index is 11.6. The summed E-state index contributed by atoms with van der Waals surface area (Å²) < 4.78 is 0. The molecule has 1 aliphatic rings. The zero-order chi connectivity index (χ0) is 9.84. The van der Waals surface area contributed by atoms with Crippen LogP contribution in [0.2, 0.25) is 0 Å². The molecule has 1 amide bonds. The van der Waals surface area contributed by atoms with Crippen molar-refractivity contribution in [3.63, 3.8) is 0 Å². The van der Waals surface area contributed by atoms with Gasteiger partial charge in [-0.2, -0.15) is 0 Å². The maximum Gasteiger partial charge on any atom is 0.223 e. The van der Waals surface area contributed by atoms with Gasteiger partial charge in [-0.1, -0.05) is 0 Å². The minimum atomic E-state index is 0.0641. The van der Waals surface area contributed by atoms with Crippen molar-refractivity contribution in [2.75, 3.05) is 13.2 Å². The molecule has 1 aliphatic carbocycles. The molecule has 0 unspecified atom stereocenters. The highest BCUT2D eigenvalue weighted by atomic mass is 16.3. The summed E-state index contributed by atoms with van der Waals surface area (Å²) in [5.74, 6) is 0.832. The molecule has 0 aliphatic heterocycles. The first kappa shape index (κ1) is 10.5. The summed E-state index contributed by atoms with van der Waals surface area (Å²) >= 11 is 0. The molecule has 1 rings (SSSR count). The van der Waals surface area contributed by atoms with Crippen molar-refractivity contribution < 1.29 is 9.90 Å². The van der Waals surface area contributed by atoms with Gasteiger partial charge in [0.1, 0.15) is 0 Å². The van der Waals surface area contributed by atoms with Crippen LogP contribution in [0.4, 0.5) is 0 Å². The smallest absolute Gasteiger partial charge is 0.223 e. The van der Waals surface area contributed by atoms with E-state index in [1.54, 1.807) is 4.90 Å². The quantitative estimate of drug-likeness (QED) is 0.694. The van der Waals surface area contributed by atoms with E-state index in [4.69, 9.17) is 5.11 Å². The standard InChI is InChI=1S/C10H19NO2/c1-8(2)11(5-6-12)10(13)7-9-3-4-9/h8-9,12H,3-7H2,1-2H3. The Morgan fingerprint density at radius 2 is 2.15 bits per heavy atom. The molecule has 0 aromatic carbocycles. The lowest BCUT2D eigenvalue weighted by atomic mass is 10.2. The first-order chi connectivity index (χ1) is 6.15. The largest absolute Gasteiger partial charge is 0.395 e. The molecule has 0 heterocycles. The van der Waals surface area contributed by atoms with Crippen LogP contribution in [-0.4, -0.2) is 35.1 Å². The summed E-state index contributed by atoms with van der Waals surface area (Å²) in [6, 6.07) is 0.207. The third-order valence-corrected chi connectivity index (χ3v) is 2.44. The molecule has 3 heteroatoms. The second-order valence-electron chi connectivity index (χ2n) is 4.05. The number of nitrogens with zero attached hydrogens (tertiary/aromatic N) is 1. The Bertz CT molecular complexity index is 176. The van der Waals surface area contributed by atoms with Gasteiger partial charge in [0, 0.05) is 19.0 Å². The van der Waals surface area contributed by atoms with Crippen molar-refractivity contribution in [3.8, 4) is 0 Å². The molecular weight excluding hydrogens is 166 g/mol. The highest BCUT2D eigenvalue weighted by Crippen LogP contribution is 2.32. The van der Waals surface area contributed by atoms with Gasteiger partial charge in [0.25, 0.3) is 0 Å². The van der Waals surface area contributed by atoms with Crippen molar-refractivity contribution in [3.05, 3.63) is 0 Å². The van der Waals surface area contributed by atoms with Crippen LogP contribution in [0.1, 0.15) is 33.1 Å². The zero-order valence-corrected chi connectivity index (χ0v) is 8.49. The number of aliphatic hydroxyl groups excluding tert-OH is 1. The Balaban J connectivity index is 2.36. The molecular formula is C10H19NO2. The normalized spacial score (nSPS) is 16.3. The number of carbonyl (C=O) groups excluding carboxylic acids is 1. The number of carbonyl (C=O) groups is 1. The van der Waals surface area contributed by atoms with Gasteiger partial charge in [-0.3, -0.25) is 4.79 Å². The average Bonchev–Trinajstić information content (AvgIpc) is 2.83. The highest BCUT2D eigenvalue weighted by Gasteiger charge is 2.27. The monoisotopic (exact) mass is 185 g/mol. The van der Waals surface area contributed by atoms with Crippen LogP contribution < -0.4 is 0 Å². The Morgan fingerprint density at radius 3 is 2.54 bits per heavy atom. The molecule has 0 radical (unpaired) electrons. The number of rotatable bonds is 5. The molecule has 1 N–H and O–H groups in total. The fraction of sp³-hybridized carbons (Fsp3) is 0.900. The molecule has 0 aromatic heterocycles. The summed E-state index contributed by atoms with van der Waals surface area (Å²) in [4.78, 5) is 13.4. The van der Waals surface area contributed by atoms with E-state index in [1.165, 1.54) is 12.8 Å². The minimum Gasteiger partial charge on any atom is -0.395 e. The van der Waals surface area contributed by atoms with E-state index in [0.29, 0.717) is 18.9 Å². The van der Waals surface area contributed by atoms with Gasteiger partial charge in [-0.15, -0.1) is 0 Å². The fourth-order valence-corrected chi connectivity index (χ4v) is 1.46. The van der Waals surface area contributed by atoms with Crippen molar-refractivity contribution in [2.45, 2.75) is 39.2 Å². The highest BCUT2D eigenvalue weighted by molar-refractivity contribution is 5.77. The van der Waals surface area contributed by atoms with E-state index in [-0.39, 0.29) is 18.6 Å². The summed E-state index contributed by atoms with van der Waals surface area (Å²) in [5.41, 5.74) is 0. The summed E-state index contributed by atoms with van der Waals surface area (Å²) in [7, 11) is 0. The van der Waals surface area contributed by atoms with Gasteiger partial charge in [-0.25, -0.2) is 0 Å². The van der Waals surface area contributed by atoms with Crippen molar-refractivity contribution >= 4 is 5.91 Å². The van der Waals surface area contributed by atoms with Crippen LogP contribution in [-0.2, 0) is 4.79 Å². The van der Waals surface area contributed by atoms with Crippen molar-refractivity contribution in [1.82, 2.24) is 4.90 Å². The van der Waals surface area contributed by atoms with Crippen molar-refractivity contribution in [2.24, 2.45) is 5.92 Å². The maximum absolute atomic E-state index is 11.6. The second kappa shape index (κ2) is 4.61. The van der Waals surface area contributed by atoms with Crippen LogP contribution in [0.15, 0.2) is 0 Å². The molecule has 3 nitrogen and oxygen atoms in total. The number of hydrogen-bond donors (Lipinski definition) is 1. The molecule has 1 saturated carbocycles. The van der Waals surface area contributed by atoms with E-state index in [2.05, 4.69) is 0 Å². The molecule has 0 aromatic rings. The van der Waals surface area contributed by atoms with Gasteiger partial charge in [0.2, 0.25) is 5.91 Å². The van der Waals surface area contributed by atoms with E-state index >= 15 is 0 Å². The first-order valence-corrected chi connectivity index (χ1v) is 5.05. The van der Waals surface area contributed by atoms with Gasteiger partial charge >= 0.3 is 0 Å². The molecule has 0 spiro atoms. The lowest BCUT2D eigenvalue weighted by molar-refractivity contribution is -0.133. The predicted octanol–water partition coefficient (Wildman–Crippen LogP) is 1.02. The van der Waals surface area contributed by atoms with Gasteiger partial charge in [-0.05, 0) is 32.6 Å². The number of aliphatic hydroxyl groups is 1. The van der Waals surface area contributed by atoms with Gasteiger partial charge in [0.15, 0.2) is 0 Å². The predicted molar refractivity (Wildman–Crippen MR) is 51.3 cm³/mol. The summed E-state index contributed by atoms with van der Waals surface area (Å²) in [6.45, 7) is 4.51. The molecule has 0 saturated heterocycles. The van der Waals surface area contributed by atoms with Crippen LogP contribution in [0.5, 0.6) is 0 Å². The number of amides is 1. The van der Waals surface area contributed by atoms with Crippen LogP contribution in [0.3, 0.4) is 0 Å². The van der Waals surface area contributed by atoms with E-state index in [1.807, 2.05) is 13.8 Å². The van der Waals surface area contributed by atoms with E-state index < -0.39 is 0 Å². The topological polar surface area (TPSA) is 40.5 Å². The summed E-state index contributed by atoms with van der Waals surface area (Å²) in [6.07, 6.45) is 3.09. The van der Waals surface area contributed by atoms with E-state index in [0.717, 1.165) is 0 Å². The van der Waals surface area contributed by atoms with Crippen LogP contribution >= 0.6 is 0 Å². The second-order valence-corrected chi connectivity index (χ2v) is 4.05. The average molecular weight is 185 g/mol. The SMILES string of the molecule is CC(C)N(CCO)C(=O)CC1CC1. The first-order valence-electron chi connectivity index (χ1n) is 5.05. The Morgan fingerprint density at radius 1 is 1.54 bits per heavy atom. The Hall–Kier alpha value is -0.570. The molecule has 1 fully saturated rings. The van der Waals surface area contributed by atoms with E-state index in [9.17, 15) is 4.79 Å². The minimum absolute atomic E-state index is 0.0641. The van der Waals surface area contributed by atoms with Crippen LogP contribution in [0, 0.1) is 5.92 Å². The zero-order valence-electron chi connectivity index (χ0n) is 8.49. The van der Waals surface area contributed by atoms with Crippen LogP contribution in [0.25, 0.3) is 0 Å². The molecule has 76 valence electrons. The van der Waals surface area contributed by atoms with Gasteiger partial charge < -0.3 is 10.0 Å². The lowest BCUT2D eigenvalue weighted by Gasteiger charge is -2.25. The molecule has 13 heavy (non-hydrogen) atoms. The lowest BCUT2D eigenvalue weighted by Crippen LogP contribution is -2.39. The molecule has 0 atom stereocenters. The molecule has 0 bridgehead atoms. The number of hydrogen-bond acceptors (Lipinski definition) is 2. The Kier molecular flexibility index (Phi) is 3.72. The summed E-state index contributed by atoms with van der Waals surface area (Å²) in [5, 5.41) is 8.79.